The Labute approximate surface area is 108 Å². The lowest BCUT2D eigenvalue weighted by Crippen LogP contribution is -2.42. The molecule has 1 fully saturated rings. The van der Waals surface area contributed by atoms with Crippen LogP contribution in [0.25, 0.3) is 0 Å². The van der Waals surface area contributed by atoms with Crippen LogP contribution in [0.5, 0.6) is 0 Å². The number of rotatable bonds is 5. The first-order valence-corrected chi connectivity index (χ1v) is 6.51. The second kappa shape index (κ2) is 6.83. The molecule has 1 atom stereocenters. The molecule has 1 aliphatic rings. The molecule has 0 radical (unpaired) electrons. The van der Waals surface area contributed by atoms with Crippen molar-refractivity contribution in [2.75, 3.05) is 26.8 Å². The SMILES string of the molecule is COC[C@H](NC1CCNCC1)c1ccc(F)cc1. The zero-order valence-electron chi connectivity index (χ0n) is 10.8. The summed E-state index contributed by atoms with van der Waals surface area (Å²) in [6.45, 7) is 2.72. The van der Waals surface area contributed by atoms with Gasteiger partial charge in [-0.25, -0.2) is 4.39 Å². The number of hydrogen-bond donors (Lipinski definition) is 2. The van der Waals surface area contributed by atoms with Crippen molar-refractivity contribution in [3.8, 4) is 0 Å². The van der Waals surface area contributed by atoms with E-state index in [0.717, 1.165) is 31.5 Å². The van der Waals surface area contributed by atoms with Crippen LogP contribution in [0.15, 0.2) is 24.3 Å². The van der Waals surface area contributed by atoms with Crippen molar-refractivity contribution >= 4 is 0 Å². The highest BCUT2D eigenvalue weighted by Gasteiger charge is 2.18. The van der Waals surface area contributed by atoms with Crippen LogP contribution in [-0.4, -0.2) is 32.8 Å². The number of methoxy groups -OCH3 is 1. The van der Waals surface area contributed by atoms with Crippen LogP contribution < -0.4 is 10.6 Å². The van der Waals surface area contributed by atoms with E-state index in [-0.39, 0.29) is 11.9 Å². The summed E-state index contributed by atoms with van der Waals surface area (Å²) in [5.41, 5.74) is 1.08. The molecule has 0 aliphatic carbocycles. The van der Waals surface area contributed by atoms with Gasteiger partial charge in [0.2, 0.25) is 0 Å². The van der Waals surface area contributed by atoms with Gasteiger partial charge in [-0.1, -0.05) is 12.1 Å². The van der Waals surface area contributed by atoms with E-state index < -0.39 is 0 Å². The number of benzene rings is 1. The monoisotopic (exact) mass is 252 g/mol. The number of hydrogen-bond acceptors (Lipinski definition) is 3. The molecule has 18 heavy (non-hydrogen) atoms. The Bertz CT molecular complexity index is 349. The highest BCUT2D eigenvalue weighted by atomic mass is 19.1. The number of halogens is 1. The van der Waals surface area contributed by atoms with Crippen molar-refractivity contribution in [2.45, 2.75) is 24.9 Å². The van der Waals surface area contributed by atoms with Gasteiger partial charge in [-0.3, -0.25) is 0 Å². The average Bonchev–Trinajstić information content (AvgIpc) is 2.40. The minimum Gasteiger partial charge on any atom is -0.383 e. The molecule has 2 N–H and O–H groups in total. The van der Waals surface area contributed by atoms with Crippen LogP contribution in [0.1, 0.15) is 24.4 Å². The molecule has 0 aromatic heterocycles. The Balaban J connectivity index is 2.00. The molecule has 1 heterocycles. The molecule has 100 valence electrons. The number of piperidine rings is 1. The first-order valence-electron chi connectivity index (χ1n) is 6.51. The Hall–Kier alpha value is -0.970. The molecular formula is C14H21FN2O. The molecule has 0 amide bonds. The normalized spacial score (nSPS) is 18.8. The van der Waals surface area contributed by atoms with Crippen LogP contribution in [0.3, 0.4) is 0 Å². The van der Waals surface area contributed by atoms with Gasteiger partial charge in [0.15, 0.2) is 0 Å². The van der Waals surface area contributed by atoms with Crippen molar-refractivity contribution in [3.63, 3.8) is 0 Å². The summed E-state index contributed by atoms with van der Waals surface area (Å²) in [7, 11) is 1.70. The molecule has 2 rings (SSSR count). The fraction of sp³-hybridized carbons (Fsp3) is 0.571. The van der Waals surface area contributed by atoms with E-state index in [1.165, 1.54) is 12.1 Å². The predicted octanol–water partition coefficient (Wildman–Crippen LogP) is 1.85. The lowest BCUT2D eigenvalue weighted by Gasteiger charge is -2.29. The van der Waals surface area contributed by atoms with Crippen molar-refractivity contribution in [3.05, 3.63) is 35.6 Å². The van der Waals surface area contributed by atoms with Gasteiger partial charge in [0.05, 0.1) is 12.6 Å². The minimum absolute atomic E-state index is 0.138. The molecular weight excluding hydrogens is 231 g/mol. The molecule has 1 saturated heterocycles. The third kappa shape index (κ3) is 3.77. The van der Waals surface area contributed by atoms with E-state index in [2.05, 4.69) is 10.6 Å². The van der Waals surface area contributed by atoms with E-state index in [9.17, 15) is 4.39 Å². The van der Waals surface area contributed by atoms with E-state index in [1.54, 1.807) is 7.11 Å². The number of nitrogens with one attached hydrogen (secondary N) is 2. The molecule has 1 aliphatic heterocycles. The molecule has 0 unspecified atom stereocenters. The van der Waals surface area contributed by atoms with Gasteiger partial charge in [0.1, 0.15) is 5.82 Å². The topological polar surface area (TPSA) is 33.3 Å². The first-order chi connectivity index (χ1) is 8.79. The maximum atomic E-state index is 12.9. The Kier molecular flexibility index (Phi) is 5.11. The molecule has 1 aromatic carbocycles. The smallest absolute Gasteiger partial charge is 0.123 e. The Morgan fingerprint density at radius 2 is 2.00 bits per heavy atom. The lowest BCUT2D eigenvalue weighted by molar-refractivity contribution is 0.157. The summed E-state index contributed by atoms with van der Waals surface area (Å²) < 4.78 is 18.2. The fourth-order valence-corrected chi connectivity index (χ4v) is 2.38. The predicted molar refractivity (Wildman–Crippen MR) is 70.0 cm³/mol. The van der Waals surface area contributed by atoms with Crippen LogP contribution in [0.2, 0.25) is 0 Å². The van der Waals surface area contributed by atoms with Gasteiger partial charge in [-0.2, -0.15) is 0 Å². The molecule has 3 nitrogen and oxygen atoms in total. The first kappa shape index (κ1) is 13.5. The summed E-state index contributed by atoms with van der Waals surface area (Å²) in [5, 5.41) is 6.95. The molecule has 0 saturated carbocycles. The standard InChI is InChI=1S/C14H21FN2O/c1-18-10-14(11-2-4-12(15)5-3-11)17-13-6-8-16-9-7-13/h2-5,13-14,16-17H,6-10H2,1H3/t14-/m0/s1. The third-order valence-corrected chi connectivity index (χ3v) is 3.38. The van der Waals surface area contributed by atoms with E-state index >= 15 is 0 Å². The molecule has 0 spiro atoms. The summed E-state index contributed by atoms with van der Waals surface area (Å²) in [4.78, 5) is 0. The third-order valence-electron chi connectivity index (χ3n) is 3.38. The van der Waals surface area contributed by atoms with Crippen LogP contribution in [-0.2, 0) is 4.74 Å². The Morgan fingerprint density at radius 1 is 1.33 bits per heavy atom. The second-order valence-electron chi connectivity index (χ2n) is 4.75. The van der Waals surface area contributed by atoms with Crippen LogP contribution in [0.4, 0.5) is 4.39 Å². The zero-order chi connectivity index (χ0) is 12.8. The van der Waals surface area contributed by atoms with Gasteiger partial charge in [0, 0.05) is 13.2 Å². The van der Waals surface area contributed by atoms with Crippen molar-refractivity contribution in [1.29, 1.82) is 0 Å². The van der Waals surface area contributed by atoms with Gasteiger partial charge in [0.25, 0.3) is 0 Å². The molecule has 1 aromatic rings. The van der Waals surface area contributed by atoms with Crippen LogP contribution in [0, 0.1) is 5.82 Å². The average molecular weight is 252 g/mol. The van der Waals surface area contributed by atoms with Gasteiger partial charge < -0.3 is 15.4 Å². The molecule has 0 bridgehead atoms. The van der Waals surface area contributed by atoms with Gasteiger partial charge in [-0.15, -0.1) is 0 Å². The summed E-state index contributed by atoms with van der Waals surface area (Å²) in [6, 6.07) is 7.31. The van der Waals surface area contributed by atoms with E-state index in [4.69, 9.17) is 4.74 Å². The lowest BCUT2D eigenvalue weighted by atomic mass is 10.0. The molecule has 4 heteroatoms. The maximum Gasteiger partial charge on any atom is 0.123 e. The minimum atomic E-state index is -0.197. The Morgan fingerprint density at radius 3 is 2.61 bits per heavy atom. The van der Waals surface area contributed by atoms with Crippen molar-refractivity contribution in [2.24, 2.45) is 0 Å². The quantitative estimate of drug-likeness (QED) is 0.839. The van der Waals surface area contributed by atoms with Crippen molar-refractivity contribution in [1.82, 2.24) is 10.6 Å². The van der Waals surface area contributed by atoms with Crippen LogP contribution >= 0.6 is 0 Å². The van der Waals surface area contributed by atoms with Gasteiger partial charge in [-0.05, 0) is 43.6 Å². The fourth-order valence-electron chi connectivity index (χ4n) is 2.38. The summed E-state index contributed by atoms with van der Waals surface area (Å²) >= 11 is 0. The second-order valence-corrected chi connectivity index (χ2v) is 4.75. The number of ether oxygens (including phenoxy) is 1. The maximum absolute atomic E-state index is 12.9. The van der Waals surface area contributed by atoms with E-state index in [1.807, 2.05) is 12.1 Å². The van der Waals surface area contributed by atoms with E-state index in [0.29, 0.717) is 12.6 Å². The summed E-state index contributed by atoms with van der Waals surface area (Å²) in [5.74, 6) is -0.197. The highest BCUT2D eigenvalue weighted by Crippen LogP contribution is 2.17. The largest absolute Gasteiger partial charge is 0.383 e. The highest BCUT2D eigenvalue weighted by molar-refractivity contribution is 5.20. The zero-order valence-corrected chi connectivity index (χ0v) is 10.8. The van der Waals surface area contributed by atoms with Gasteiger partial charge >= 0.3 is 0 Å². The summed E-state index contributed by atoms with van der Waals surface area (Å²) in [6.07, 6.45) is 2.25. The van der Waals surface area contributed by atoms with Crippen molar-refractivity contribution < 1.29 is 9.13 Å².